The summed E-state index contributed by atoms with van der Waals surface area (Å²) in [5.41, 5.74) is 1.86. The van der Waals surface area contributed by atoms with E-state index in [0.29, 0.717) is 30.0 Å². The van der Waals surface area contributed by atoms with Crippen LogP contribution in [0.25, 0.3) is 0 Å². The van der Waals surface area contributed by atoms with Crippen molar-refractivity contribution in [2.45, 2.75) is 0 Å². The maximum atomic E-state index is 12.3. The van der Waals surface area contributed by atoms with Crippen molar-refractivity contribution >= 4 is 17.4 Å². The zero-order chi connectivity index (χ0) is 15.4. The molecule has 1 aliphatic heterocycles. The summed E-state index contributed by atoms with van der Waals surface area (Å²) in [6.45, 7) is 8.65. The number of carbonyl (C=O) groups is 1. The molecule has 2 radical (unpaired) electrons. The van der Waals surface area contributed by atoms with Gasteiger partial charge in [-0.1, -0.05) is 12.1 Å². The summed E-state index contributed by atoms with van der Waals surface area (Å²) in [6.07, 6.45) is 1.65. The van der Waals surface area contributed by atoms with Crippen LogP contribution in [-0.2, 0) is 4.74 Å². The molecule has 2 aromatic rings. The van der Waals surface area contributed by atoms with Crippen LogP contribution in [0.4, 0.5) is 11.5 Å². The second-order valence-electron chi connectivity index (χ2n) is 5.08. The normalized spacial score (nSPS) is 14.7. The lowest BCUT2D eigenvalue weighted by molar-refractivity contribution is 0.102. The number of ether oxygens (including phenoxy) is 1. The number of anilines is 2. The van der Waals surface area contributed by atoms with Gasteiger partial charge in [0.25, 0.3) is 5.91 Å². The van der Waals surface area contributed by atoms with Crippen molar-refractivity contribution in [1.82, 2.24) is 4.98 Å². The number of rotatable bonds is 3. The maximum absolute atomic E-state index is 12.3. The third kappa shape index (κ3) is 3.43. The summed E-state index contributed by atoms with van der Waals surface area (Å²) in [6, 6.07) is 10.6. The Morgan fingerprint density at radius 3 is 2.82 bits per heavy atom. The summed E-state index contributed by atoms with van der Waals surface area (Å²) in [5.74, 6) is 0.617. The van der Waals surface area contributed by atoms with Crippen LogP contribution in [0.15, 0.2) is 42.6 Å². The van der Waals surface area contributed by atoms with Gasteiger partial charge in [-0.05, 0) is 36.8 Å². The highest BCUT2D eigenvalue weighted by Crippen LogP contribution is 2.16. The number of hydrogen-bond donors (Lipinski definition) is 1. The first kappa shape index (κ1) is 14.5. The Kier molecular flexibility index (Phi) is 4.34. The molecule has 0 atom stereocenters. The molecule has 22 heavy (non-hydrogen) atoms. The van der Waals surface area contributed by atoms with Crippen molar-refractivity contribution in [3.63, 3.8) is 0 Å². The molecule has 3 rings (SSSR count). The first-order valence-electron chi connectivity index (χ1n) is 7.18. The number of morpholine rings is 1. The number of hydrogen-bond acceptors (Lipinski definition) is 4. The smallest absolute Gasteiger partial charge is 0.255 e. The fourth-order valence-corrected chi connectivity index (χ4v) is 2.34. The summed E-state index contributed by atoms with van der Waals surface area (Å²) < 4.78 is 5.33. The van der Waals surface area contributed by atoms with Crippen molar-refractivity contribution in [2.75, 3.05) is 36.5 Å². The predicted octanol–water partition coefficient (Wildman–Crippen LogP) is 2.23. The number of carbonyl (C=O) groups excluding carboxylic acids is 1. The van der Waals surface area contributed by atoms with E-state index in [-0.39, 0.29) is 5.91 Å². The van der Waals surface area contributed by atoms with Gasteiger partial charge in [0.1, 0.15) is 5.82 Å². The first-order chi connectivity index (χ1) is 10.7. The van der Waals surface area contributed by atoms with Gasteiger partial charge in [0.05, 0.1) is 13.2 Å². The van der Waals surface area contributed by atoms with Gasteiger partial charge < -0.3 is 15.0 Å². The average Bonchev–Trinajstić information content (AvgIpc) is 2.56. The molecule has 1 aromatic heterocycles. The minimum atomic E-state index is -0.178. The maximum Gasteiger partial charge on any atom is 0.255 e. The Morgan fingerprint density at radius 1 is 1.23 bits per heavy atom. The second kappa shape index (κ2) is 6.58. The summed E-state index contributed by atoms with van der Waals surface area (Å²) in [5, 5.41) is 2.84. The molecule has 5 nitrogen and oxygen atoms in total. The Labute approximate surface area is 129 Å². The van der Waals surface area contributed by atoms with E-state index in [4.69, 9.17) is 11.7 Å². The Hall–Kier alpha value is -2.40. The first-order valence-corrected chi connectivity index (χ1v) is 7.18. The van der Waals surface area contributed by atoms with Gasteiger partial charge in [0, 0.05) is 30.5 Å². The van der Waals surface area contributed by atoms with Gasteiger partial charge in [-0.25, -0.2) is 4.98 Å². The van der Waals surface area contributed by atoms with Gasteiger partial charge in [-0.3, -0.25) is 4.79 Å². The van der Waals surface area contributed by atoms with Crippen LogP contribution in [0.3, 0.4) is 0 Å². The van der Waals surface area contributed by atoms with E-state index in [2.05, 4.69) is 15.2 Å². The van der Waals surface area contributed by atoms with Crippen LogP contribution in [0, 0.1) is 6.92 Å². The van der Waals surface area contributed by atoms with E-state index >= 15 is 0 Å². The molecule has 2 heterocycles. The summed E-state index contributed by atoms with van der Waals surface area (Å²) in [7, 11) is 0. The highest BCUT2D eigenvalue weighted by molar-refractivity contribution is 6.04. The highest BCUT2D eigenvalue weighted by Gasteiger charge is 2.14. The summed E-state index contributed by atoms with van der Waals surface area (Å²) >= 11 is 0. The van der Waals surface area contributed by atoms with Crippen LogP contribution in [0.1, 0.15) is 15.9 Å². The molecular weight excluding hydrogens is 278 g/mol. The zero-order valence-electron chi connectivity index (χ0n) is 12.2. The monoisotopic (exact) mass is 295 g/mol. The predicted molar refractivity (Wildman–Crippen MR) is 85.1 cm³/mol. The molecule has 1 N–H and O–H groups in total. The zero-order valence-corrected chi connectivity index (χ0v) is 12.2. The standard InChI is InChI=1S/C17H17N3O2/c1-13-3-2-4-15(11-13)19-17(21)14-5-6-18-16(12-14)20-7-9-22-10-8-20/h1-6,11-12H,7-10H2,(H,19,21). The number of amides is 1. The average molecular weight is 295 g/mol. The van der Waals surface area contributed by atoms with E-state index in [0.717, 1.165) is 18.9 Å². The molecule has 0 unspecified atom stereocenters. The van der Waals surface area contributed by atoms with E-state index in [1.165, 1.54) is 0 Å². The molecule has 0 saturated carbocycles. The molecule has 0 aliphatic carbocycles. The molecule has 1 fully saturated rings. The molecule has 1 aromatic carbocycles. The van der Waals surface area contributed by atoms with E-state index < -0.39 is 0 Å². The molecule has 1 amide bonds. The largest absolute Gasteiger partial charge is 0.378 e. The topological polar surface area (TPSA) is 54.5 Å². The Morgan fingerprint density at radius 2 is 2.05 bits per heavy atom. The van der Waals surface area contributed by atoms with Gasteiger partial charge in [-0.15, -0.1) is 0 Å². The van der Waals surface area contributed by atoms with Crippen molar-refractivity contribution in [3.8, 4) is 0 Å². The SMILES string of the molecule is [CH]c1cccc(NC(=O)c2ccnc(N3CCOCC3)c2)c1. The number of nitrogens with zero attached hydrogens (tertiary/aromatic N) is 2. The van der Waals surface area contributed by atoms with E-state index in [1.807, 2.05) is 0 Å². The van der Waals surface area contributed by atoms with Crippen molar-refractivity contribution in [2.24, 2.45) is 0 Å². The number of benzene rings is 1. The fourth-order valence-electron chi connectivity index (χ4n) is 2.34. The second-order valence-corrected chi connectivity index (χ2v) is 5.08. The molecule has 1 saturated heterocycles. The highest BCUT2D eigenvalue weighted by atomic mass is 16.5. The molecule has 1 aliphatic rings. The lowest BCUT2D eigenvalue weighted by atomic mass is 10.2. The van der Waals surface area contributed by atoms with Gasteiger partial charge in [0.15, 0.2) is 0 Å². The quantitative estimate of drug-likeness (QED) is 0.943. The molecule has 0 spiro atoms. The Bertz CT molecular complexity index is 666. The molecular formula is C17H17N3O2. The lowest BCUT2D eigenvalue weighted by Gasteiger charge is -2.27. The van der Waals surface area contributed by atoms with Crippen LogP contribution >= 0.6 is 0 Å². The van der Waals surface area contributed by atoms with Gasteiger partial charge in [-0.2, -0.15) is 0 Å². The molecule has 0 bridgehead atoms. The van der Waals surface area contributed by atoms with Crippen LogP contribution in [0.2, 0.25) is 0 Å². The lowest BCUT2D eigenvalue weighted by Crippen LogP contribution is -2.36. The van der Waals surface area contributed by atoms with Crippen LogP contribution < -0.4 is 10.2 Å². The van der Waals surface area contributed by atoms with Crippen LogP contribution in [-0.4, -0.2) is 37.2 Å². The summed E-state index contributed by atoms with van der Waals surface area (Å²) in [4.78, 5) is 18.8. The van der Waals surface area contributed by atoms with E-state index in [1.54, 1.807) is 42.6 Å². The van der Waals surface area contributed by atoms with Crippen molar-refractivity contribution in [3.05, 3.63) is 60.6 Å². The minimum Gasteiger partial charge on any atom is -0.378 e. The third-order valence-corrected chi connectivity index (χ3v) is 3.49. The van der Waals surface area contributed by atoms with E-state index in [9.17, 15) is 4.79 Å². The van der Waals surface area contributed by atoms with Gasteiger partial charge >= 0.3 is 0 Å². The number of nitrogens with one attached hydrogen (secondary N) is 1. The van der Waals surface area contributed by atoms with Gasteiger partial charge in [0.2, 0.25) is 0 Å². The minimum absolute atomic E-state index is 0.178. The number of aromatic nitrogens is 1. The van der Waals surface area contributed by atoms with Crippen LogP contribution in [0.5, 0.6) is 0 Å². The fraction of sp³-hybridized carbons (Fsp3) is 0.235. The van der Waals surface area contributed by atoms with Crippen molar-refractivity contribution in [1.29, 1.82) is 0 Å². The number of pyridine rings is 1. The van der Waals surface area contributed by atoms with Crippen molar-refractivity contribution < 1.29 is 9.53 Å². The Balaban J connectivity index is 1.75. The molecule has 5 heteroatoms. The molecule has 112 valence electrons. The third-order valence-electron chi connectivity index (χ3n) is 3.49.